The standard InChI is InChI=1S/C17H16N4O3/c1-3-24-17(23)13-7-8-16(22)21(11-13)14-6-4-5-12(9-14)15-10-18-19-20(15)2/h4-11H,3H2,1-2H3. The fraction of sp³-hybridized carbons (Fsp3) is 0.176. The van der Waals surface area contributed by atoms with Crippen LogP contribution in [-0.4, -0.2) is 32.1 Å². The first-order valence-electron chi connectivity index (χ1n) is 7.45. The lowest BCUT2D eigenvalue weighted by Crippen LogP contribution is -2.19. The quantitative estimate of drug-likeness (QED) is 0.684. The van der Waals surface area contributed by atoms with Crippen molar-refractivity contribution in [3.8, 4) is 16.9 Å². The van der Waals surface area contributed by atoms with Gasteiger partial charge in [-0.25, -0.2) is 9.48 Å². The molecule has 3 rings (SSSR count). The molecule has 0 unspecified atom stereocenters. The number of benzene rings is 1. The van der Waals surface area contributed by atoms with Gasteiger partial charge < -0.3 is 4.74 Å². The maximum atomic E-state index is 12.2. The highest BCUT2D eigenvalue weighted by Crippen LogP contribution is 2.20. The van der Waals surface area contributed by atoms with Gasteiger partial charge in [-0.15, -0.1) is 5.10 Å². The normalized spacial score (nSPS) is 10.6. The van der Waals surface area contributed by atoms with Gasteiger partial charge in [0.1, 0.15) is 0 Å². The van der Waals surface area contributed by atoms with Crippen LogP contribution in [0.25, 0.3) is 16.9 Å². The third-order valence-electron chi connectivity index (χ3n) is 3.56. The molecular formula is C17H16N4O3. The zero-order valence-electron chi connectivity index (χ0n) is 13.3. The first-order chi connectivity index (χ1) is 11.6. The van der Waals surface area contributed by atoms with Crippen molar-refractivity contribution in [2.75, 3.05) is 6.61 Å². The number of carbonyl (C=O) groups excluding carboxylic acids is 1. The van der Waals surface area contributed by atoms with Gasteiger partial charge in [0.15, 0.2) is 0 Å². The Bertz CT molecular complexity index is 943. The van der Waals surface area contributed by atoms with E-state index in [1.165, 1.54) is 22.9 Å². The Balaban J connectivity index is 2.06. The second kappa shape index (κ2) is 6.49. The number of rotatable bonds is 4. The largest absolute Gasteiger partial charge is 0.462 e. The number of esters is 1. The van der Waals surface area contributed by atoms with Gasteiger partial charge in [-0.1, -0.05) is 17.3 Å². The van der Waals surface area contributed by atoms with E-state index in [1.54, 1.807) is 30.9 Å². The second-order valence-corrected chi connectivity index (χ2v) is 5.14. The Morgan fingerprint density at radius 1 is 1.25 bits per heavy atom. The summed E-state index contributed by atoms with van der Waals surface area (Å²) in [6.07, 6.45) is 3.14. The maximum absolute atomic E-state index is 12.2. The summed E-state index contributed by atoms with van der Waals surface area (Å²) in [5.41, 5.74) is 2.43. The minimum Gasteiger partial charge on any atom is -0.462 e. The van der Waals surface area contributed by atoms with Crippen molar-refractivity contribution in [1.29, 1.82) is 0 Å². The van der Waals surface area contributed by atoms with E-state index in [-0.39, 0.29) is 12.2 Å². The number of carbonyl (C=O) groups is 1. The van der Waals surface area contributed by atoms with Crippen LogP contribution in [-0.2, 0) is 11.8 Å². The molecule has 122 valence electrons. The third kappa shape index (κ3) is 2.96. The minimum absolute atomic E-state index is 0.233. The van der Waals surface area contributed by atoms with Gasteiger partial charge in [-0.2, -0.15) is 0 Å². The number of hydrogen-bond acceptors (Lipinski definition) is 5. The van der Waals surface area contributed by atoms with Gasteiger partial charge >= 0.3 is 5.97 Å². The molecule has 0 bridgehead atoms. The van der Waals surface area contributed by atoms with E-state index in [2.05, 4.69) is 10.3 Å². The number of pyridine rings is 1. The van der Waals surface area contributed by atoms with Crippen LogP contribution in [0.3, 0.4) is 0 Å². The minimum atomic E-state index is -0.460. The zero-order chi connectivity index (χ0) is 17.1. The molecule has 0 saturated heterocycles. The highest BCUT2D eigenvalue weighted by Gasteiger charge is 2.11. The van der Waals surface area contributed by atoms with Crippen molar-refractivity contribution >= 4 is 5.97 Å². The molecule has 0 saturated carbocycles. The summed E-state index contributed by atoms with van der Waals surface area (Å²) in [4.78, 5) is 24.1. The molecule has 24 heavy (non-hydrogen) atoms. The summed E-state index contributed by atoms with van der Waals surface area (Å²) < 4.78 is 8.05. The van der Waals surface area contributed by atoms with Gasteiger partial charge in [0.25, 0.3) is 5.56 Å². The fourth-order valence-corrected chi connectivity index (χ4v) is 2.39. The molecule has 0 aliphatic carbocycles. The van der Waals surface area contributed by atoms with Crippen LogP contribution in [0.5, 0.6) is 0 Å². The van der Waals surface area contributed by atoms with E-state index in [4.69, 9.17) is 4.74 Å². The molecule has 7 nitrogen and oxygen atoms in total. The Morgan fingerprint density at radius 3 is 2.79 bits per heavy atom. The molecular weight excluding hydrogens is 308 g/mol. The van der Waals surface area contributed by atoms with Crippen LogP contribution < -0.4 is 5.56 Å². The smallest absolute Gasteiger partial charge is 0.339 e. The third-order valence-corrected chi connectivity index (χ3v) is 3.56. The number of ether oxygens (including phenoxy) is 1. The van der Waals surface area contributed by atoms with Crippen molar-refractivity contribution in [3.63, 3.8) is 0 Å². The molecule has 0 spiro atoms. The van der Waals surface area contributed by atoms with E-state index >= 15 is 0 Å². The van der Waals surface area contributed by atoms with Gasteiger partial charge in [0, 0.05) is 30.6 Å². The van der Waals surface area contributed by atoms with E-state index in [9.17, 15) is 9.59 Å². The van der Waals surface area contributed by atoms with Crippen molar-refractivity contribution in [2.45, 2.75) is 6.92 Å². The number of aryl methyl sites for hydroxylation is 1. The molecule has 2 heterocycles. The molecule has 0 radical (unpaired) electrons. The lowest BCUT2D eigenvalue weighted by atomic mass is 10.1. The highest BCUT2D eigenvalue weighted by atomic mass is 16.5. The van der Waals surface area contributed by atoms with Crippen LogP contribution in [0, 0.1) is 0 Å². The summed E-state index contributed by atoms with van der Waals surface area (Å²) in [6.45, 7) is 2.01. The molecule has 0 N–H and O–H groups in total. The Hall–Kier alpha value is -3.22. The van der Waals surface area contributed by atoms with Crippen LogP contribution in [0.1, 0.15) is 17.3 Å². The van der Waals surface area contributed by atoms with E-state index in [0.29, 0.717) is 11.3 Å². The van der Waals surface area contributed by atoms with E-state index in [0.717, 1.165) is 11.3 Å². The number of aromatic nitrogens is 4. The number of hydrogen-bond donors (Lipinski definition) is 0. The average molecular weight is 324 g/mol. The predicted octanol–water partition coefficient (Wildman–Crippen LogP) is 1.81. The second-order valence-electron chi connectivity index (χ2n) is 5.14. The molecule has 0 amide bonds. The molecule has 0 aliphatic rings. The molecule has 1 aromatic carbocycles. The van der Waals surface area contributed by atoms with Gasteiger partial charge in [0.05, 0.1) is 24.1 Å². The summed E-state index contributed by atoms with van der Waals surface area (Å²) >= 11 is 0. The Kier molecular flexibility index (Phi) is 4.24. The van der Waals surface area contributed by atoms with Crippen molar-refractivity contribution in [2.24, 2.45) is 7.05 Å². The lowest BCUT2D eigenvalue weighted by Gasteiger charge is -2.09. The molecule has 2 aromatic heterocycles. The average Bonchev–Trinajstić information content (AvgIpc) is 3.01. The van der Waals surface area contributed by atoms with Crippen LogP contribution in [0.2, 0.25) is 0 Å². The van der Waals surface area contributed by atoms with E-state index < -0.39 is 5.97 Å². The molecule has 0 atom stereocenters. The number of nitrogens with zero attached hydrogens (tertiary/aromatic N) is 4. The monoisotopic (exact) mass is 324 g/mol. The lowest BCUT2D eigenvalue weighted by molar-refractivity contribution is 0.0525. The molecule has 3 aromatic rings. The zero-order valence-corrected chi connectivity index (χ0v) is 13.3. The predicted molar refractivity (Wildman–Crippen MR) is 88.0 cm³/mol. The van der Waals surface area contributed by atoms with Crippen LogP contribution in [0.4, 0.5) is 0 Å². The van der Waals surface area contributed by atoms with Crippen LogP contribution in [0.15, 0.2) is 53.6 Å². The van der Waals surface area contributed by atoms with Gasteiger partial charge in [0.2, 0.25) is 0 Å². The topological polar surface area (TPSA) is 79.0 Å². The van der Waals surface area contributed by atoms with Gasteiger partial charge in [-0.3, -0.25) is 9.36 Å². The molecule has 0 fully saturated rings. The summed E-state index contributed by atoms with van der Waals surface area (Å²) in [5, 5.41) is 7.77. The fourth-order valence-electron chi connectivity index (χ4n) is 2.39. The Labute approximate surface area is 138 Å². The summed E-state index contributed by atoms with van der Waals surface area (Å²) in [6, 6.07) is 10.2. The van der Waals surface area contributed by atoms with Crippen molar-refractivity contribution < 1.29 is 9.53 Å². The first kappa shape index (κ1) is 15.7. The Morgan fingerprint density at radius 2 is 2.08 bits per heavy atom. The van der Waals surface area contributed by atoms with Crippen molar-refractivity contribution in [3.05, 3.63) is 64.7 Å². The SMILES string of the molecule is CCOC(=O)c1ccc(=O)n(-c2cccc(-c3cnnn3C)c2)c1. The van der Waals surface area contributed by atoms with E-state index in [1.807, 2.05) is 18.2 Å². The summed E-state index contributed by atoms with van der Waals surface area (Å²) in [5.74, 6) is -0.460. The summed E-state index contributed by atoms with van der Waals surface area (Å²) in [7, 11) is 1.79. The van der Waals surface area contributed by atoms with Crippen molar-refractivity contribution in [1.82, 2.24) is 19.6 Å². The first-order valence-corrected chi connectivity index (χ1v) is 7.45. The molecule has 7 heteroatoms. The molecule has 0 aliphatic heterocycles. The highest BCUT2D eigenvalue weighted by molar-refractivity contribution is 5.89. The maximum Gasteiger partial charge on any atom is 0.339 e. The van der Waals surface area contributed by atoms with Crippen LogP contribution >= 0.6 is 0 Å². The van der Waals surface area contributed by atoms with Gasteiger partial charge in [-0.05, 0) is 25.1 Å².